The van der Waals surface area contributed by atoms with Gasteiger partial charge in [0.15, 0.2) is 5.78 Å². The van der Waals surface area contributed by atoms with Crippen LogP contribution in [0.4, 0.5) is 0 Å². The van der Waals surface area contributed by atoms with Crippen molar-refractivity contribution in [3.05, 3.63) is 35.4 Å². The molecule has 1 aromatic rings. The van der Waals surface area contributed by atoms with Crippen molar-refractivity contribution in [2.45, 2.75) is 51.5 Å². The Morgan fingerprint density at radius 3 is 2.94 bits per heavy atom. The number of benzene rings is 1. The Morgan fingerprint density at radius 1 is 1.50 bits per heavy atom. The zero-order valence-corrected chi connectivity index (χ0v) is 11.4. The summed E-state index contributed by atoms with van der Waals surface area (Å²) in [4.78, 5) is 12.4. The molecule has 2 nitrogen and oxygen atoms in total. The highest BCUT2D eigenvalue weighted by atomic mass is 16.1. The van der Waals surface area contributed by atoms with E-state index < -0.39 is 5.54 Å². The van der Waals surface area contributed by atoms with E-state index in [2.05, 4.69) is 26.0 Å². The van der Waals surface area contributed by atoms with Gasteiger partial charge in [-0.15, -0.1) is 0 Å². The first-order chi connectivity index (χ1) is 8.49. The zero-order valence-electron chi connectivity index (χ0n) is 11.4. The highest BCUT2D eigenvalue weighted by molar-refractivity contribution is 5.90. The van der Waals surface area contributed by atoms with Gasteiger partial charge in [-0.05, 0) is 31.2 Å². The maximum Gasteiger partial charge on any atom is 0.157 e. The smallest absolute Gasteiger partial charge is 0.157 e. The Labute approximate surface area is 110 Å². The van der Waals surface area contributed by atoms with E-state index in [-0.39, 0.29) is 5.78 Å². The molecule has 1 aromatic carbocycles. The molecule has 2 heteroatoms. The van der Waals surface area contributed by atoms with E-state index in [4.69, 9.17) is 5.73 Å². The summed E-state index contributed by atoms with van der Waals surface area (Å²) in [6.45, 7) is 4.25. The van der Waals surface area contributed by atoms with Crippen molar-refractivity contribution < 1.29 is 4.79 Å². The Kier molecular flexibility index (Phi) is 3.86. The van der Waals surface area contributed by atoms with Crippen molar-refractivity contribution in [1.29, 1.82) is 0 Å². The van der Waals surface area contributed by atoms with Crippen LogP contribution in [0.1, 0.15) is 43.7 Å². The van der Waals surface area contributed by atoms with Gasteiger partial charge >= 0.3 is 0 Å². The van der Waals surface area contributed by atoms with Gasteiger partial charge < -0.3 is 5.73 Å². The lowest BCUT2D eigenvalue weighted by Gasteiger charge is -2.35. The third-order valence-corrected chi connectivity index (χ3v) is 4.04. The highest BCUT2D eigenvalue weighted by Gasteiger charge is 2.37. The van der Waals surface area contributed by atoms with Gasteiger partial charge in [-0.3, -0.25) is 4.79 Å². The van der Waals surface area contributed by atoms with Crippen LogP contribution in [0.5, 0.6) is 0 Å². The molecule has 2 atom stereocenters. The van der Waals surface area contributed by atoms with Crippen LogP contribution in [0.25, 0.3) is 0 Å². The second-order valence-corrected chi connectivity index (χ2v) is 5.95. The number of nitrogens with two attached hydrogens (primary N) is 1. The standard InChI is InChI=1S/C16H23NO/c1-12-5-3-7-14(9-12)10-15(18)16(17)8-4-6-13(2)11-16/h3,5,7,9,13H,4,6,8,10-11,17H2,1-2H3. The lowest BCUT2D eigenvalue weighted by atomic mass is 9.73. The second-order valence-electron chi connectivity index (χ2n) is 5.95. The molecule has 2 unspecified atom stereocenters. The van der Waals surface area contributed by atoms with Crippen LogP contribution in [-0.4, -0.2) is 11.3 Å². The molecular formula is C16H23NO. The van der Waals surface area contributed by atoms with Crippen LogP contribution in [0.3, 0.4) is 0 Å². The molecule has 0 aromatic heterocycles. The maximum atomic E-state index is 12.4. The number of carbonyl (C=O) groups is 1. The van der Waals surface area contributed by atoms with Gasteiger partial charge in [-0.1, -0.05) is 49.6 Å². The van der Waals surface area contributed by atoms with Crippen LogP contribution in [0, 0.1) is 12.8 Å². The fourth-order valence-corrected chi connectivity index (χ4v) is 3.03. The molecule has 0 heterocycles. The van der Waals surface area contributed by atoms with Crippen LogP contribution < -0.4 is 5.73 Å². The highest BCUT2D eigenvalue weighted by Crippen LogP contribution is 2.31. The average Bonchev–Trinajstić information content (AvgIpc) is 2.28. The third kappa shape index (κ3) is 2.99. The topological polar surface area (TPSA) is 43.1 Å². The largest absolute Gasteiger partial charge is 0.319 e. The van der Waals surface area contributed by atoms with E-state index in [0.717, 1.165) is 24.8 Å². The number of Topliss-reactive ketones (excluding diaryl/α,β-unsaturated/α-hetero) is 1. The van der Waals surface area contributed by atoms with E-state index in [0.29, 0.717) is 12.3 Å². The summed E-state index contributed by atoms with van der Waals surface area (Å²) >= 11 is 0. The Bertz CT molecular complexity index is 440. The molecular weight excluding hydrogens is 222 g/mol. The Balaban J connectivity index is 2.07. The van der Waals surface area contributed by atoms with E-state index in [1.54, 1.807) is 0 Å². The number of hydrogen-bond acceptors (Lipinski definition) is 2. The summed E-state index contributed by atoms with van der Waals surface area (Å²) in [5.41, 5.74) is 8.03. The van der Waals surface area contributed by atoms with E-state index in [1.165, 1.54) is 12.0 Å². The number of rotatable bonds is 3. The van der Waals surface area contributed by atoms with E-state index in [9.17, 15) is 4.79 Å². The predicted octanol–water partition coefficient (Wildman–Crippen LogP) is 3.01. The zero-order chi connectivity index (χ0) is 13.2. The first-order valence-corrected chi connectivity index (χ1v) is 6.87. The molecule has 0 saturated heterocycles. The molecule has 0 aliphatic heterocycles. The van der Waals surface area contributed by atoms with Crippen LogP contribution in [-0.2, 0) is 11.2 Å². The van der Waals surface area contributed by atoms with Crippen LogP contribution in [0.15, 0.2) is 24.3 Å². The summed E-state index contributed by atoms with van der Waals surface area (Å²) in [6, 6.07) is 8.15. The molecule has 98 valence electrons. The fourth-order valence-electron chi connectivity index (χ4n) is 3.03. The summed E-state index contributed by atoms with van der Waals surface area (Å²) < 4.78 is 0. The number of aryl methyl sites for hydroxylation is 1. The summed E-state index contributed by atoms with van der Waals surface area (Å²) in [6.07, 6.45) is 4.46. The Morgan fingerprint density at radius 2 is 2.28 bits per heavy atom. The molecule has 1 saturated carbocycles. The molecule has 2 N–H and O–H groups in total. The normalized spacial score (nSPS) is 28.1. The molecule has 18 heavy (non-hydrogen) atoms. The molecule has 0 spiro atoms. The molecule has 0 radical (unpaired) electrons. The molecule has 1 fully saturated rings. The van der Waals surface area contributed by atoms with Gasteiger partial charge in [-0.25, -0.2) is 0 Å². The molecule has 0 amide bonds. The minimum Gasteiger partial charge on any atom is -0.319 e. The summed E-state index contributed by atoms with van der Waals surface area (Å²) in [7, 11) is 0. The average molecular weight is 245 g/mol. The number of ketones is 1. The molecule has 1 aliphatic rings. The monoisotopic (exact) mass is 245 g/mol. The van der Waals surface area contributed by atoms with Crippen molar-refractivity contribution in [2.75, 3.05) is 0 Å². The van der Waals surface area contributed by atoms with Crippen molar-refractivity contribution in [1.82, 2.24) is 0 Å². The minimum absolute atomic E-state index is 0.208. The van der Waals surface area contributed by atoms with Gasteiger partial charge in [0.05, 0.1) is 5.54 Å². The molecule has 2 rings (SSSR count). The predicted molar refractivity (Wildman–Crippen MR) is 74.4 cm³/mol. The van der Waals surface area contributed by atoms with Gasteiger partial charge in [0, 0.05) is 6.42 Å². The fraction of sp³-hybridized carbons (Fsp3) is 0.562. The maximum absolute atomic E-state index is 12.4. The van der Waals surface area contributed by atoms with Crippen molar-refractivity contribution >= 4 is 5.78 Å². The Hall–Kier alpha value is -1.15. The SMILES string of the molecule is Cc1cccc(CC(=O)C2(N)CCCC(C)C2)c1. The first-order valence-electron chi connectivity index (χ1n) is 6.87. The second kappa shape index (κ2) is 5.23. The van der Waals surface area contributed by atoms with Crippen molar-refractivity contribution in [3.8, 4) is 0 Å². The first kappa shape index (κ1) is 13.3. The molecule has 0 bridgehead atoms. The number of carbonyl (C=O) groups excluding carboxylic acids is 1. The van der Waals surface area contributed by atoms with Crippen molar-refractivity contribution in [3.63, 3.8) is 0 Å². The van der Waals surface area contributed by atoms with Crippen LogP contribution in [0.2, 0.25) is 0 Å². The molecule has 1 aliphatic carbocycles. The third-order valence-electron chi connectivity index (χ3n) is 4.04. The van der Waals surface area contributed by atoms with E-state index in [1.807, 2.05) is 12.1 Å². The van der Waals surface area contributed by atoms with E-state index >= 15 is 0 Å². The quantitative estimate of drug-likeness (QED) is 0.889. The van der Waals surface area contributed by atoms with Gasteiger partial charge in [-0.2, -0.15) is 0 Å². The van der Waals surface area contributed by atoms with Gasteiger partial charge in [0.1, 0.15) is 0 Å². The lowest BCUT2D eigenvalue weighted by molar-refractivity contribution is -0.125. The van der Waals surface area contributed by atoms with Gasteiger partial charge in [0.2, 0.25) is 0 Å². The summed E-state index contributed by atoms with van der Waals surface area (Å²) in [5, 5.41) is 0. The minimum atomic E-state index is -0.582. The number of hydrogen-bond donors (Lipinski definition) is 1. The lowest BCUT2D eigenvalue weighted by Crippen LogP contribution is -2.51. The summed E-state index contributed by atoms with van der Waals surface area (Å²) in [5.74, 6) is 0.782. The van der Waals surface area contributed by atoms with Crippen molar-refractivity contribution in [2.24, 2.45) is 11.7 Å². The van der Waals surface area contributed by atoms with Crippen LogP contribution >= 0.6 is 0 Å². The van der Waals surface area contributed by atoms with Gasteiger partial charge in [0.25, 0.3) is 0 Å².